The van der Waals surface area contributed by atoms with Crippen LogP contribution in [-0.2, 0) is 17.8 Å². The topological polar surface area (TPSA) is 64.0 Å². The fourth-order valence-electron chi connectivity index (χ4n) is 3.39. The van der Waals surface area contributed by atoms with E-state index >= 15 is 0 Å². The molecule has 0 saturated heterocycles. The highest BCUT2D eigenvalue weighted by Crippen LogP contribution is 2.19. The summed E-state index contributed by atoms with van der Waals surface area (Å²) in [4.78, 5) is 30.2. The van der Waals surface area contributed by atoms with Crippen molar-refractivity contribution in [2.24, 2.45) is 5.92 Å². The SMILES string of the molecule is CC(C)CCn1c(SCC(=O)NC(C)CCc2ccccc2)nc2ccccc2c1=O. The van der Waals surface area contributed by atoms with Crippen molar-refractivity contribution in [1.29, 1.82) is 0 Å². The molecule has 1 aromatic heterocycles. The summed E-state index contributed by atoms with van der Waals surface area (Å²) in [5.74, 6) is 0.677. The number of nitrogens with one attached hydrogen (secondary N) is 1. The number of amides is 1. The molecule has 31 heavy (non-hydrogen) atoms. The molecule has 0 spiro atoms. The van der Waals surface area contributed by atoms with Gasteiger partial charge in [0.15, 0.2) is 5.16 Å². The van der Waals surface area contributed by atoms with Crippen LogP contribution in [0, 0.1) is 5.92 Å². The zero-order valence-electron chi connectivity index (χ0n) is 18.5. The van der Waals surface area contributed by atoms with E-state index in [-0.39, 0.29) is 23.3 Å². The smallest absolute Gasteiger partial charge is 0.262 e. The van der Waals surface area contributed by atoms with Crippen LogP contribution < -0.4 is 10.9 Å². The third kappa shape index (κ3) is 6.69. The van der Waals surface area contributed by atoms with Crippen molar-refractivity contribution in [3.05, 3.63) is 70.5 Å². The predicted molar refractivity (Wildman–Crippen MR) is 129 cm³/mol. The Kier molecular flexibility index (Phi) is 8.29. The van der Waals surface area contributed by atoms with Crippen molar-refractivity contribution in [1.82, 2.24) is 14.9 Å². The summed E-state index contributed by atoms with van der Waals surface area (Å²) in [5.41, 5.74) is 1.91. The first-order valence-electron chi connectivity index (χ1n) is 10.9. The fourth-order valence-corrected chi connectivity index (χ4v) is 4.23. The normalized spacial score (nSPS) is 12.3. The second-order valence-electron chi connectivity index (χ2n) is 8.33. The molecule has 1 heterocycles. The van der Waals surface area contributed by atoms with Gasteiger partial charge < -0.3 is 5.32 Å². The molecular formula is C25H31N3O2S. The first-order valence-corrected chi connectivity index (χ1v) is 11.9. The Morgan fingerprint density at radius 1 is 1.03 bits per heavy atom. The Hall–Kier alpha value is -2.60. The monoisotopic (exact) mass is 437 g/mol. The van der Waals surface area contributed by atoms with Gasteiger partial charge in [-0.1, -0.05) is 68.1 Å². The molecule has 1 N–H and O–H groups in total. The number of benzene rings is 2. The third-order valence-electron chi connectivity index (χ3n) is 5.21. The third-order valence-corrected chi connectivity index (χ3v) is 6.18. The molecule has 0 aliphatic carbocycles. The predicted octanol–water partition coefficient (Wildman–Crippen LogP) is 4.67. The molecule has 0 aliphatic heterocycles. The maximum absolute atomic E-state index is 13.0. The summed E-state index contributed by atoms with van der Waals surface area (Å²) in [7, 11) is 0. The van der Waals surface area contributed by atoms with E-state index in [9.17, 15) is 9.59 Å². The van der Waals surface area contributed by atoms with Gasteiger partial charge in [0.25, 0.3) is 5.56 Å². The van der Waals surface area contributed by atoms with Gasteiger partial charge in [-0.3, -0.25) is 14.2 Å². The number of nitrogens with zero attached hydrogens (tertiary/aromatic N) is 2. The molecule has 1 atom stereocenters. The molecule has 5 nitrogen and oxygen atoms in total. The van der Waals surface area contributed by atoms with Crippen LogP contribution in [0.3, 0.4) is 0 Å². The van der Waals surface area contributed by atoms with E-state index in [1.165, 1.54) is 17.3 Å². The highest BCUT2D eigenvalue weighted by Gasteiger charge is 2.14. The van der Waals surface area contributed by atoms with Crippen molar-refractivity contribution in [3.63, 3.8) is 0 Å². The average Bonchev–Trinajstić information content (AvgIpc) is 2.76. The standard InChI is InChI=1S/C25H31N3O2S/c1-18(2)15-16-28-24(30)21-11-7-8-12-22(21)27-25(28)31-17-23(29)26-19(3)13-14-20-9-5-4-6-10-20/h4-12,18-19H,13-17H2,1-3H3,(H,26,29). The Bertz CT molecular complexity index is 1060. The summed E-state index contributed by atoms with van der Waals surface area (Å²) in [6.07, 6.45) is 2.69. The molecule has 2 aromatic carbocycles. The number of hydrogen-bond donors (Lipinski definition) is 1. The lowest BCUT2D eigenvalue weighted by atomic mass is 10.1. The number of aryl methyl sites for hydroxylation is 1. The van der Waals surface area contributed by atoms with Gasteiger partial charge in [0.2, 0.25) is 5.91 Å². The molecule has 0 fully saturated rings. The van der Waals surface area contributed by atoms with Crippen LogP contribution in [0.15, 0.2) is 64.5 Å². The number of rotatable bonds is 10. The molecule has 6 heteroatoms. The minimum Gasteiger partial charge on any atom is -0.353 e. The molecular weight excluding hydrogens is 406 g/mol. The lowest BCUT2D eigenvalue weighted by Gasteiger charge is -2.16. The molecule has 1 unspecified atom stereocenters. The van der Waals surface area contributed by atoms with Gasteiger partial charge in [-0.15, -0.1) is 0 Å². The number of fused-ring (bicyclic) bond motifs is 1. The Labute approximate surface area is 188 Å². The summed E-state index contributed by atoms with van der Waals surface area (Å²) in [6.45, 7) is 6.90. The minimum atomic E-state index is -0.0385. The highest BCUT2D eigenvalue weighted by molar-refractivity contribution is 7.99. The molecule has 1 amide bonds. The van der Waals surface area contributed by atoms with Gasteiger partial charge in [-0.05, 0) is 49.8 Å². The van der Waals surface area contributed by atoms with Crippen LogP contribution in [0.25, 0.3) is 10.9 Å². The zero-order chi connectivity index (χ0) is 22.2. The highest BCUT2D eigenvalue weighted by atomic mass is 32.2. The molecule has 0 radical (unpaired) electrons. The second kappa shape index (κ2) is 11.1. The van der Waals surface area contributed by atoms with Crippen LogP contribution in [0.4, 0.5) is 0 Å². The summed E-state index contributed by atoms with van der Waals surface area (Å²) in [5, 5.41) is 4.29. The minimum absolute atomic E-state index is 0.0367. The van der Waals surface area contributed by atoms with E-state index < -0.39 is 0 Å². The van der Waals surface area contributed by atoms with Crippen molar-refractivity contribution in [3.8, 4) is 0 Å². The number of thioether (sulfide) groups is 1. The van der Waals surface area contributed by atoms with Gasteiger partial charge in [0, 0.05) is 12.6 Å². The number of hydrogen-bond acceptors (Lipinski definition) is 4. The van der Waals surface area contributed by atoms with Crippen molar-refractivity contribution >= 4 is 28.6 Å². The van der Waals surface area contributed by atoms with Gasteiger partial charge in [-0.2, -0.15) is 0 Å². The maximum atomic E-state index is 13.0. The molecule has 0 bridgehead atoms. The van der Waals surface area contributed by atoms with E-state index in [0.29, 0.717) is 28.5 Å². The molecule has 3 aromatic rings. The first-order chi connectivity index (χ1) is 14.9. The number of carbonyl (C=O) groups is 1. The Balaban J connectivity index is 1.64. The van der Waals surface area contributed by atoms with Crippen molar-refractivity contribution in [2.75, 3.05) is 5.75 Å². The largest absolute Gasteiger partial charge is 0.353 e. The summed E-state index contributed by atoms with van der Waals surface area (Å²) >= 11 is 1.33. The van der Waals surface area contributed by atoms with Crippen molar-refractivity contribution in [2.45, 2.75) is 57.8 Å². The molecule has 164 valence electrons. The van der Waals surface area contributed by atoms with Crippen LogP contribution in [0.1, 0.15) is 39.2 Å². The van der Waals surface area contributed by atoms with Crippen LogP contribution in [0.2, 0.25) is 0 Å². The van der Waals surface area contributed by atoms with Gasteiger partial charge >= 0.3 is 0 Å². The molecule has 0 saturated carbocycles. The van der Waals surface area contributed by atoms with E-state index in [4.69, 9.17) is 0 Å². The van der Waals surface area contributed by atoms with E-state index in [2.05, 4.69) is 36.3 Å². The van der Waals surface area contributed by atoms with E-state index in [0.717, 1.165) is 19.3 Å². The van der Waals surface area contributed by atoms with Gasteiger partial charge in [-0.25, -0.2) is 4.98 Å². The van der Waals surface area contributed by atoms with E-state index in [1.54, 1.807) is 4.57 Å². The molecule has 3 rings (SSSR count). The Morgan fingerprint density at radius 2 is 1.74 bits per heavy atom. The second-order valence-corrected chi connectivity index (χ2v) is 9.27. The van der Waals surface area contributed by atoms with E-state index in [1.807, 2.05) is 49.4 Å². The van der Waals surface area contributed by atoms with Crippen LogP contribution in [0.5, 0.6) is 0 Å². The quantitative estimate of drug-likeness (QED) is 0.370. The van der Waals surface area contributed by atoms with Gasteiger partial charge in [0.05, 0.1) is 16.7 Å². The zero-order valence-corrected chi connectivity index (χ0v) is 19.3. The molecule has 0 aliphatic rings. The fraction of sp³-hybridized carbons (Fsp3) is 0.400. The number of aromatic nitrogens is 2. The average molecular weight is 438 g/mol. The number of para-hydroxylation sites is 1. The maximum Gasteiger partial charge on any atom is 0.262 e. The summed E-state index contributed by atoms with van der Waals surface area (Å²) in [6, 6.07) is 17.8. The van der Waals surface area contributed by atoms with Crippen molar-refractivity contribution < 1.29 is 4.79 Å². The Morgan fingerprint density at radius 3 is 2.48 bits per heavy atom. The van der Waals surface area contributed by atoms with Gasteiger partial charge in [0.1, 0.15) is 0 Å². The lowest BCUT2D eigenvalue weighted by Crippen LogP contribution is -2.34. The van der Waals surface area contributed by atoms with Crippen LogP contribution >= 0.6 is 11.8 Å². The number of carbonyl (C=O) groups excluding carboxylic acids is 1. The van der Waals surface area contributed by atoms with Crippen LogP contribution in [-0.4, -0.2) is 27.3 Å². The first kappa shape index (κ1) is 23.1. The lowest BCUT2D eigenvalue weighted by molar-refractivity contribution is -0.119. The summed E-state index contributed by atoms with van der Waals surface area (Å²) < 4.78 is 1.72.